The number of anilines is 1. The fourth-order valence-corrected chi connectivity index (χ4v) is 2.18. The average molecular weight is 206 g/mol. The van der Waals surface area contributed by atoms with Gasteiger partial charge in [0.2, 0.25) is 0 Å². The number of aryl methyl sites for hydroxylation is 1. The maximum Gasteiger partial charge on any atom is 0.135 e. The fourth-order valence-electron chi connectivity index (χ4n) is 2.18. The molecule has 2 rings (SSSR count). The lowest BCUT2D eigenvalue weighted by molar-refractivity contribution is 0.790. The molecule has 1 aromatic heterocycles. The van der Waals surface area contributed by atoms with Crippen LogP contribution in [0.5, 0.6) is 0 Å². The molecule has 0 fully saturated rings. The first kappa shape index (κ1) is 10.4. The molecule has 1 aliphatic carbocycles. The summed E-state index contributed by atoms with van der Waals surface area (Å²) in [6, 6.07) is 0. The molecule has 0 aromatic carbocycles. The Morgan fingerprint density at radius 1 is 1.40 bits per heavy atom. The lowest BCUT2D eigenvalue weighted by Crippen LogP contribution is -2.30. The smallest absolute Gasteiger partial charge is 0.135 e. The van der Waals surface area contributed by atoms with Gasteiger partial charge in [0.25, 0.3) is 0 Å². The summed E-state index contributed by atoms with van der Waals surface area (Å²) < 4.78 is 0. The number of hydrogen-bond acceptors (Lipinski definition) is 4. The Balaban J connectivity index is 2.30. The third-order valence-corrected chi connectivity index (χ3v) is 2.93. The zero-order chi connectivity index (χ0) is 10.7. The van der Waals surface area contributed by atoms with Crippen LogP contribution in [0.2, 0.25) is 0 Å². The van der Waals surface area contributed by atoms with Crippen LogP contribution in [-0.4, -0.2) is 29.6 Å². The molecule has 0 spiro atoms. The van der Waals surface area contributed by atoms with E-state index in [0.29, 0.717) is 6.54 Å². The molecule has 0 saturated carbocycles. The zero-order valence-electron chi connectivity index (χ0n) is 9.24. The summed E-state index contributed by atoms with van der Waals surface area (Å²) in [5, 5.41) is 0. The van der Waals surface area contributed by atoms with E-state index >= 15 is 0 Å². The molecule has 0 saturated heterocycles. The van der Waals surface area contributed by atoms with E-state index < -0.39 is 0 Å². The molecule has 0 bridgehead atoms. The lowest BCUT2D eigenvalue weighted by Gasteiger charge is -2.23. The third kappa shape index (κ3) is 1.95. The standard InChI is InChI=1S/C11H18N4/c1-2-15(7-6-12)11-9-4-3-5-10(9)13-8-14-11/h8H,2-7,12H2,1H3. The van der Waals surface area contributed by atoms with Gasteiger partial charge in [-0.15, -0.1) is 0 Å². The Morgan fingerprint density at radius 3 is 3.00 bits per heavy atom. The summed E-state index contributed by atoms with van der Waals surface area (Å²) in [5.41, 5.74) is 8.17. The molecule has 0 radical (unpaired) electrons. The summed E-state index contributed by atoms with van der Waals surface area (Å²) >= 11 is 0. The highest BCUT2D eigenvalue weighted by Crippen LogP contribution is 2.27. The predicted molar refractivity (Wildman–Crippen MR) is 61.0 cm³/mol. The van der Waals surface area contributed by atoms with Crippen molar-refractivity contribution in [3.63, 3.8) is 0 Å². The second kappa shape index (κ2) is 4.57. The van der Waals surface area contributed by atoms with Crippen LogP contribution < -0.4 is 10.6 Å². The molecule has 4 heteroatoms. The van der Waals surface area contributed by atoms with Crippen molar-refractivity contribution in [1.29, 1.82) is 0 Å². The van der Waals surface area contributed by atoms with E-state index in [-0.39, 0.29) is 0 Å². The number of aromatic nitrogens is 2. The van der Waals surface area contributed by atoms with Crippen LogP contribution in [-0.2, 0) is 12.8 Å². The van der Waals surface area contributed by atoms with Crippen LogP contribution in [0.25, 0.3) is 0 Å². The third-order valence-electron chi connectivity index (χ3n) is 2.93. The van der Waals surface area contributed by atoms with Crippen LogP contribution in [0, 0.1) is 0 Å². The zero-order valence-corrected chi connectivity index (χ0v) is 9.24. The van der Waals surface area contributed by atoms with Gasteiger partial charge in [0.15, 0.2) is 0 Å². The highest BCUT2D eigenvalue weighted by molar-refractivity contribution is 5.50. The van der Waals surface area contributed by atoms with E-state index in [2.05, 4.69) is 21.8 Å². The molecule has 82 valence electrons. The van der Waals surface area contributed by atoms with Crippen molar-refractivity contribution in [2.24, 2.45) is 5.73 Å². The summed E-state index contributed by atoms with van der Waals surface area (Å²) in [6.07, 6.45) is 5.11. The summed E-state index contributed by atoms with van der Waals surface area (Å²) in [6.45, 7) is 4.65. The minimum atomic E-state index is 0.673. The van der Waals surface area contributed by atoms with E-state index in [4.69, 9.17) is 5.73 Å². The quantitative estimate of drug-likeness (QED) is 0.790. The van der Waals surface area contributed by atoms with E-state index in [9.17, 15) is 0 Å². The number of nitrogens with two attached hydrogens (primary N) is 1. The van der Waals surface area contributed by atoms with Crippen molar-refractivity contribution in [2.45, 2.75) is 26.2 Å². The first-order valence-corrected chi connectivity index (χ1v) is 5.64. The summed E-state index contributed by atoms with van der Waals surface area (Å²) in [5.74, 6) is 1.10. The Hall–Kier alpha value is -1.16. The largest absolute Gasteiger partial charge is 0.355 e. The normalized spacial score (nSPS) is 14.0. The Kier molecular flexibility index (Phi) is 3.16. The highest BCUT2D eigenvalue weighted by atomic mass is 15.2. The molecule has 1 aliphatic rings. The molecule has 0 unspecified atom stereocenters. The van der Waals surface area contributed by atoms with Gasteiger partial charge in [-0.05, 0) is 26.2 Å². The van der Waals surface area contributed by atoms with E-state index in [0.717, 1.165) is 31.7 Å². The topological polar surface area (TPSA) is 55.0 Å². The van der Waals surface area contributed by atoms with E-state index in [1.54, 1.807) is 6.33 Å². The van der Waals surface area contributed by atoms with Gasteiger partial charge in [0.1, 0.15) is 12.1 Å². The van der Waals surface area contributed by atoms with Crippen LogP contribution in [0.15, 0.2) is 6.33 Å². The fraction of sp³-hybridized carbons (Fsp3) is 0.636. The van der Waals surface area contributed by atoms with Crippen LogP contribution in [0.1, 0.15) is 24.6 Å². The molecule has 0 amide bonds. The second-order valence-corrected chi connectivity index (χ2v) is 3.84. The monoisotopic (exact) mass is 206 g/mol. The van der Waals surface area contributed by atoms with Gasteiger partial charge >= 0.3 is 0 Å². The van der Waals surface area contributed by atoms with E-state index in [1.165, 1.54) is 17.7 Å². The van der Waals surface area contributed by atoms with Gasteiger partial charge in [-0.3, -0.25) is 0 Å². The van der Waals surface area contributed by atoms with Crippen LogP contribution >= 0.6 is 0 Å². The Labute approximate surface area is 90.5 Å². The molecular weight excluding hydrogens is 188 g/mol. The number of likely N-dealkylation sites (N-methyl/N-ethyl adjacent to an activating group) is 1. The average Bonchev–Trinajstić information content (AvgIpc) is 2.73. The molecule has 1 aromatic rings. The number of fused-ring (bicyclic) bond motifs is 1. The van der Waals surface area contributed by atoms with Crippen molar-refractivity contribution in [2.75, 3.05) is 24.5 Å². The molecule has 4 nitrogen and oxygen atoms in total. The predicted octanol–water partition coefficient (Wildman–Crippen LogP) is 0.750. The molecular formula is C11H18N4. The summed E-state index contributed by atoms with van der Waals surface area (Å²) in [4.78, 5) is 11.0. The molecule has 0 atom stereocenters. The number of hydrogen-bond donors (Lipinski definition) is 1. The minimum Gasteiger partial charge on any atom is -0.355 e. The van der Waals surface area contributed by atoms with Crippen molar-refractivity contribution in [3.05, 3.63) is 17.6 Å². The minimum absolute atomic E-state index is 0.673. The number of rotatable bonds is 4. The van der Waals surface area contributed by atoms with Crippen LogP contribution in [0.4, 0.5) is 5.82 Å². The highest BCUT2D eigenvalue weighted by Gasteiger charge is 2.19. The van der Waals surface area contributed by atoms with Crippen LogP contribution in [0.3, 0.4) is 0 Å². The first-order chi connectivity index (χ1) is 7.36. The maximum absolute atomic E-state index is 5.60. The molecule has 15 heavy (non-hydrogen) atoms. The van der Waals surface area contributed by atoms with Crippen molar-refractivity contribution in [1.82, 2.24) is 9.97 Å². The summed E-state index contributed by atoms with van der Waals surface area (Å²) in [7, 11) is 0. The van der Waals surface area contributed by atoms with Gasteiger partial charge in [0.05, 0.1) is 0 Å². The SMILES string of the molecule is CCN(CCN)c1ncnc2c1CCC2. The first-order valence-electron chi connectivity index (χ1n) is 5.64. The van der Waals surface area contributed by atoms with Gasteiger partial charge in [-0.25, -0.2) is 9.97 Å². The van der Waals surface area contributed by atoms with Gasteiger partial charge < -0.3 is 10.6 Å². The van der Waals surface area contributed by atoms with E-state index in [1.807, 2.05) is 0 Å². The Morgan fingerprint density at radius 2 is 2.27 bits per heavy atom. The van der Waals surface area contributed by atoms with Gasteiger partial charge in [-0.1, -0.05) is 0 Å². The molecule has 2 N–H and O–H groups in total. The number of nitrogens with zero attached hydrogens (tertiary/aromatic N) is 3. The van der Waals surface area contributed by atoms with Gasteiger partial charge in [-0.2, -0.15) is 0 Å². The Bertz CT molecular complexity index is 337. The van der Waals surface area contributed by atoms with Crippen molar-refractivity contribution in [3.8, 4) is 0 Å². The maximum atomic E-state index is 5.60. The second-order valence-electron chi connectivity index (χ2n) is 3.84. The lowest BCUT2D eigenvalue weighted by atomic mass is 10.2. The van der Waals surface area contributed by atoms with Crippen molar-refractivity contribution < 1.29 is 0 Å². The van der Waals surface area contributed by atoms with Gasteiger partial charge in [0, 0.05) is 30.9 Å². The molecule has 0 aliphatic heterocycles. The molecule has 1 heterocycles. The van der Waals surface area contributed by atoms with Crippen molar-refractivity contribution >= 4 is 5.82 Å².